The average molecular weight is 219 g/mol. The Kier molecular flexibility index (Phi) is 4.53. The highest BCUT2D eigenvalue weighted by Gasteiger charge is 2.29. The van der Waals surface area contributed by atoms with E-state index in [0.29, 0.717) is 0 Å². The fourth-order valence-corrected chi connectivity index (χ4v) is 2.45. The van der Waals surface area contributed by atoms with Gasteiger partial charge in [0.2, 0.25) is 5.91 Å². The molecule has 2 unspecified atom stereocenters. The summed E-state index contributed by atoms with van der Waals surface area (Å²) in [6.07, 6.45) is 8.59. The summed E-state index contributed by atoms with van der Waals surface area (Å²) in [6, 6.07) is 0.443. The van der Waals surface area contributed by atoms with Gasteiger partial charge in [0.1, 0.15) is 0 Å². The number of hydrogen-bond donors (Lipinski definition) is 0. The van der Waals surface area contributed by atoms with E-state index in [4.69, 9.17) is 0 Å². The molecule has 0 bridgehead atoms. The second-order valence-corrected chi connectivity index (χ2v) is 4.41. The Morgan fingerprint density at radius 3 is 2.62 bits per heavy atom. The summed E-state index contributed by atoms with van der Waals surface area (Å²) in [5.74, 6) is 0.141. The van der Waals surface area contributed by atoms with Crippen molar-refractivity contribution >= 4 is 5.91 Å². The average Bonchev–Trinajstić information content (AvgIpc) is 2.17. The fourth-order valence-electron chi connectivity index (χ4n) is 2.45. The van der Waals surface area contributed by atoms with Crippen LogP contribution in [0.4, 0.5) is 0 Å². The number of rotatable bonds is 4. The molecule has 0 saturated heterocycles. The van der Waals surface area contributed by atoms with Gasteiger partial charge in [0.25, 0.3) is 0 Å². The van der Waals surface area contributed by atoms with Crippen molar-refractivity contribution in [1.82, 2.24) is 4.90 Å². The molecule has 0 spiro atoms. The Labute approximate surface area is 98.3 Å². The zero-order chi connectivity index (χ0) is 12.1. The van der Waals surface area contributed by atoms with Gasteiger partial charge >= 0.3 is 0 Å². The van der Waals surface area contributed by atoms with Crippen molar-refractivity contribution in [2.75, 3.05) is 0 Å². The van der Waals surface area contributed by atoms with Crippen LogP contribution in [0.2, 0.25) is 0 Å². The molecule has 0 N–H and O–H groups in total. The van der Waals surface area contributed by atoms with Gasteiger partial charge in [0, 0.05) is 13.0 Å². The van der Waals surface area contributed by atoms with Crippen molar-refractivity contribution < 1.29 is 4.79 Å². The van der Waals surface area contributed by atoms with E-state index in [9.17, 15) is 4.79 Å². The molecule has 88 valence electrons. The van der Waals surface area contributed by atoms with Crippen LogP contribution in [0.3, 0.4) is 0 Å². The van der Waals surface area contributed by atoms with Crippen molar-refractivity contribution in [2.45, 2.75) is 45.2 Å². The van der Waals surface area contributed by atoms with Crippen molar-refractivity contribution in [3.63, 3.8) is 0 Å². The molecule has 0 radical (unpaired) electrons. The quantitative estimate of drug-likeness (QED) is 0.665. The maximum atomic E-state index is 11.7. The summed E-state index contributed by atoms with van der Waals surface area (Å²) in [5.41, 5.74) is 1.36. The molecule has 0 aromatic carbocycles. The van der Waals surface area contributed by atoms with E-state index in [1.807, 2.05) is 17.1 Å². The van der Waals surface area contributed by atoms with Crippen molar-refractivity contribution in [1.29, 1.82) is 0 Å². The molecule has 2 heteroatoms. The van der Waals surface area contributed by atoms with Crippen LogP contribution in [0.25, 0.3) is 0 Å². The lowest BCUT2D eigenvalue weighted by atomic mass is 9.92. The molecule has 1 amide bonds. The first-order valence-electron chi connectivity index (χ1n) is 5.78. The molecule has 1 heterocycles. The molecule has 2 nitrogen and oxygen atoms in total. The predicted molar refractivity (Wildman–Crippen MR) is 68.1 cm³/mol. The molecule has 0 aromatic rings. The molecule has 1 rings (SSSR count). The van der Waals surface area contributed by atoms with E-state index in [1.54, 1.807) is 6.92 Å². The number of carbonyl (C=O) groups is 1. The first-order valence-corrected chi connectivity index (χ1v) is 5.78. The summed E-state index contributed by atoms with van der Waals surface area (Å²) in [6.45, 7) is 11.3. The van der Waals surface area contributed by atoms with Crippen LogP contribution in [0, 0.1) is 0 Å². The Balaban J connectivity index is 2.94. The minimum absolute atomic E-state index is 0.141. The molecule has 16 heavy (non-hydrogen) atoms. The van der Waals surface area contributed by atoms with Crippen LogP contribution in [0.15, 0.2) is 37.0 Å². The standard InChI is InChI=1S/C14H21NO/c1-5-7-13-9-11(3)10-14(8-6-2)15(13)12(4)16/h5-6,9,13-14H,1-2,7-8,10H2,3-4H3. The summed E-state index contributed by atoms with van der Waals surface area (Å²) < 4.78 is 0. The molecule has 0 aromatic heterocycles. The zero-order valence-corrected chi connectivity index (χ0v) is 10.3. The van der Waals surface area contributed by atoms with E-state index < -0.39 is 0 Å². The van der Waals surface area contributed by atoms with Crippen LogP contribution in [-0.2, 0) is 4.79 Å². The SMILES string of the molecule is C=CCC1C=C(C)CC(CC=C)N1C(C)=O. The number of nitrogens with zero attached hydrogens (tertiary/aromatic N) is 1. The van der Waals surface area contributed by atoms with Gasteiger partial charge in [0.05, 0.1) is 6.04 Å². The Morgan fingerprint density at radius 1 is 1.50 bits per heavy atom. The smallest absolute Gasteiger partial charge is 0.220 e. The van der Waals surface area contributed by atoms with Gasteiger partial charge in [-0.05, 0) is 26.2 Å². The molecule has 0 aliphatic carbocycles. The van der Waals surface area contributed by atoms with Crippen molar-refractivity contribution in [2.24, 2.45) is 0 Å². The third-order valence-electron chi connectivity index (χ3n) is 3.00. The molecule has 0 fully saturated rings. The predicted octanol–water partition coefficient (Wildman–Crippen LogP) is 3.07. The van der Waals surface area contributed by atoms with Crippen LogP contribution in [-0.4, -0.2) is 22.9 Å². The number of carbonyl (C=O) groups excluding carboxylic acids is 1. The second kappa shape index (κ2) is 5.69. The molecule has 1 aliphatic heterocycles. The highest BCUT2D eigenvalue weighted by molar-refractivity contribution is 5.74. The fraction of sp³-hybridized carbons (Fsp3) is 0.500. The van der Waals surface area contributed by atoms with E-state index in [-0.39, 0.29) is 18.0 Å². The largest absolute Gasteiger partial charge is 0.333 e. The minimum atomic E-state index is 0.141. The number of amides is 1. The van der Waals surface area contributed by atoms with Crippen molar-refractivity contribution in [3.8, 4) is 0 Å². The van der Waals surface area contributed by atoms with Gasteiger partial charge in [-0.1, -0.05) is 23.8 Å². The molecule has 0 saturated carbocycles. The molecular formula is C14H21NO. The number of hydrogen-bond acceptors (Lipinski definition) is 1. The Bertz CT molecular complexity index is 317. The topological polar surface area (TPSA) is 20.3 Å². The summed E-state index contributed by atoms with van der Waals surface area (Å²) in [5, 5.41) is 0. The first-order chi connectivity index (χ1) is 7.60. The van der Waals surface area contributed by atoms with Gasteiger partial charge in [-0.2, -0.15) is 0 Å². The third-order valence-corrected chi connectivity index (χ3v) is 3.00. The van der Waals surface area contributed by atoms with Gasteiger partial charge in [-0.25, -0.2) is 0 Å². The summed E-state index contributed by atoms with van der Waals surface area (Å²) >= 11 is 0. The Morgan fingerprint density at radius 2 is 2.12 bits per heavy atom. The lowest BCUT2D eigenvalue weighted by Gasteiger charge is -2.39. The van der Waals surface area contributed by atoms with Crippen LogP contribution in [0.1, 0.15) is 33.1 Å². The lowest BCUT2D eigenvalue weighted by Crippen LogP contribution is -2.47. The maximum absolute atomic E-state index is 11.7. The van der Waals surface area contributed by atoms with E-state index in [1.165, 1.54) is 5.57 Å². The monoisotopic (exact) mass is 219 g/mol. The van der Waals surface area contributed by atoms with E-state index >= 15 is 0 Å². The second-order valence-electron chi connectivity index (χ2n) is 4.41. The van der Waals surface area contributed by atoms with E-state index in [2.05, 4.69) is 26.2 Å². The molecule has 2 atom stereocenters. The molecule has 1 aliphatic rings. The van der Waals surface area contributed by atoms with Crippen LogP contribution >= 0.6 is 0 Å². The van der Waals surface area contributed by atoms with Crippen molar-refractivity contribution in [3.05, 3.63) is 37.0 Å². The Hall–Kier alpha value is -1.31. The van der Waals surface area contributed by atoms with Gasteiger partial charge in [0.15, 0.2) is 0 Å². The lowest BCUT2D eigenvalue weighted by molar-refractivity contribution is -0.133. The third kappa shape index (κ3) is 2.84. The summed E-state index contributed by atoms with van der Waals surface area (Å²) in [7, 11) is 0. The van der Waals surface area contributed by atoms with Gasteiger partial charge < -0.3 is 4.90 Å². The normalized spacial score (nSPS) is 24.9. The van der Waals surface area contributed by atoms with Gasteiger partial charge in [-0.15, -0.1) is 13.2 Å². The van der Waals surface area contributed by atoms with E-state index in [0.717, 1.165) is 19.3 Å². The van der Waals surface area contributed by atoms with Gasteiger partial charge in [-0.3, -0.25) is 4.79 Å². The van der Waals surface area contributed by atoms with Crippen LogP contribution in [0.5, 0.6) is 0 Å². The first kappa shape index (κ1) is 12.8. The zero-order valence-electron chi connectivity index (χ0n) is 10.3. The highest BCUT2D eigenvalue weighted by atomic mass is 16.2. The maximum Gasteiger partial charge on any atom is 0.220 e. The summed E-state index contributed by atoms with van der Waals surface area (Å²) in [4.78, 5) is 13.7. The molecular weight excluding hydrogens is 198 g/mol. The highest BCUT2D eigenvalue weighted by Crippen LogP contribution is 2.26. The minimum Gasteiger partial charge on any atom is -0.333 e. The van der Waals surface area contributed by atoms with Crippen LogP contribution < -0.4 is 0 Å².